The zero-order valence-electron chi connectivity index (χ0n) is 41.5. The van der Waals surface area contributed by atoms with Gasteiger partial charge in [-0.3, -0.25) is 19.2 Å². The fraction of sp³-hybridized carbons (Fsp3) is 0.509. The van der Waals surface area contributed by atoms with Gasteiger partial charge >= 0.3 is 23.9 Å². The molecule has 4 rings (SSSR count). The van der Waals surface area contributed by atoms with Crippen molar-refractivity contribution in [3.05, 3.63) is 117 Å². The maximum absolute atomic E-state index is 13.6. The standard InChI is InChI=1S/C57H76O12/c1-5-9-13-45-33-43(34-46(55(45)64)14-10-6-2)23-31-53(62)68-39-57(37-66-51(60)29-21-41-17-25-49(58)26-18-41,38-67-52(61)30-22-42-19-27-50(59)28-20-42)40-69-54(63)32-24-44-35-47(15-11-7-3)56(65)48(36-44)16-12-8-4/h17-20,25-28,33-36,58-59,64-65H,5-16,21-24,29-32,37-40H2,1-4H3. The topological polar surface area (TPSA) is 186 Å². The molecule has 4 aromatic rings. The Labute approximate surface area is 409 Å². The van der Waals surface area contributed by atoms with Gasteiger partial charge in [0.1, 0.15) is 54.8 Å². The largest absolute Gasteiger partial charge is 0.508 e. The molecule has 0 unspecified atom stereocenters. The summed E-state index contributed by atoms with van der Waals surface area (Å²) < 4.78 is 23.5. The molecule has 0 heterocycles. The van der Waals surface area contributed by atoms with Crippen LogP contribution in [0.5, 0.6) is 23.0 Å². The van der Waals surface area contributed by atoms with Gasteiger partial charge in [0, 0.05) is 25.7 Å². The van der Waals surface area contributed by atoms with E-state index in [0.717, 1.165) is 122 Å². The van der Waals surface area contributed by atoms with Crippen molar-refractivity contribution in [2.75, 3.05) is 26.4 Å². The fourth-order valence-electron chi connectivity index (χ4n) is 7.97. The minimum absolute atomic E-state index is 0.00691. The molecule has 0 aliphatic carbocycles. The molecule has 0 saturated heterocycles. The minimum atomic E-state index is -1.49. The van der Waals surface area contributed by atoms with E-state index in [4.69, 9.17) is 18.9 Å². The first kappa shape index (κ1) is 55.6. The highest BCUT2D eigenvalue weighted by Gasteiger charge is 2.38. The number of phenols is 4. The summed E-state index contributed by atoms with van der Waals surface area (Å²) in [6, 6.07) is 20.7. The lowest BCUT2D eigenvalue weighted by atomic mass is 9.92. The Hall–Kier alpha value is -6.04. The van der Waals surface area contributed by atoms with Crippen molar-refractivity contribution in [3.63, 3.8) is 0 Å². The smallest absolute Gasteiger partial charge is 0.306 e. The molecule has 0 fully saturated rings. The molecule has 69 heavy (non-hydrogen) atoms. The number of carbonyl (C=O) groups is 4. The van der Waals surface area contributed by atoms with E-state index in [1.807, 2.05) is 24.3 Å². The van der Waals surface area contributed by atoms with Crippen LogP contribution >= 0.6 is 0 Å². The van der Waals surface area contributed by atoms with E-state index < -0.39 is 55.7 Å². The molecule has 4 N–H and O–H groups in total. The van der Waals surface area contributed by atoms with Crippen LogP contribution in [-0.4, -0.2) is 70.7 Å². The number of benzene rings is 4. The van der Waals surface area contributed by atoms with Crippen LogP contribution in [0.15, 0.2) is 72.8 Å². The molecule has 4 aromatic carbocycles. The Morgan fingerprint density at radius 3 is 0.870 bits per heavy atom. The van der Waals surface area contributed by atoms with E-state index in [2.05, 4.69) is 27.7 Å². The van der Waals surface area contributed by atoms with E-state index in [0.29, 0.717) is 37.2 Å². The molecule has 0 radical (unpaired) electrons. The van der Waals surface area contributed by atoms with Gasteiger partial charge in [-0.1, -0.05) is 102 Å². The summed E-state index contributed by atoms with van der Waals surface area (Å²) in [5.74, 6) is -1.47. The monoisotopic (exact) mass is 953 g/mol. The van der Waals surface area contributed by atoms with E-state index >= 15 is 0 Å². The molecular weight excluding hydrogens is 877 g/mol. The molecule has 0 amide bonds. The van der Waals surface area contributed by atoms with Gasteiger partial charge in [-0.25, -0.2) is 0 Å². The summed E-state index contributed by atoms with van der Waals surface area (Å²) >= 11 is 0. The van der Waals surface area contributed by atoms with Gasteiger partial charge in [0.25, 0.3) is 0 Å². The lowest BCUT2D eigenvalue weighted by Gasteiger charge is -2.31. The molecule has 376 valence electrons. The van der Waals surface area contributed by atoms with Gasteiger partial charge in [0.05, 0.1) is 0 Å². The summed E-state index contributed by atoms with van der Waals surface area (Å²) in [7, 11) is 0. The number of rotatable bonds is 32. The SMILES string of the molecule is CCCCc1cc(CCC(=O)OCC(COC(=O)CCc2ccc(O)cc2)(COC(=O)CCc2ccc(O)cc2)COC(=O)CCc2cc(CCCC)c(O)c(CCCC)c2)cc(CCCC)c1O. The Morgan fingerprint density at radius 2 is 0.623 bits per heavy atom. The van der Waals surface area contributed by atoms with Crippen molar-refractivity contribution in [3.8, 4) is 23.0 Å². The van der Waals surface area contributed by atoms with Crippen molar-refractivity contribution < 1.29 is 58.6 Å². The number of unbranched alkanes of at least 4 members (excludes halogenated alkanes) is 4. The van der Waals surface area contributed by atoms with Gasteiger partial charge in [-0.15, -0.1) is 0 Å². The number of ether oxygens (including phenoxy) is 4. The maximum atomic E-state index is 13.6. The van der Waals surface area contributed by atoms with E-state index in [9.17, 15) is 39.6 Å². The quantitative estimate of drug-likeness (QED) is 0.0268. The molecular formula is C57H76O12. The molecule has 0 saturated carbocycles. The number of hydrogen-bond donors (Lipinski definition) is 4. The van der Waals surface area contributed by atoms with Gasteiger partial charge < -0.3 is 39.4 Å². The lowest BCUT2D eigenvalue weighted by Crippen LogP contribution is -2.44. The summed E-state index contributed by atoms with van der Waals surface area (Å²) in [5.41, 5.74) is 5.32. The van der Waals surface area contributed by atoms with Crippen LogP contribution in [0, 0.1) is 5.41 Å². The van der Waals surface area contributed by atoms with E-state index in [1.54, 1.807) is 24.3 Å². The van der Waals surface area contributed by atoms with Gasteiger partial charge in [-0.2, -0.15) is 0 Å². The van der Waals surface area contributed by atoms with Crippen LogP contribution in [0.4, 0.5) is 0 Å². The number of esters is 4. The lowest BCUT2D eigenvalue weighted by molar-refractivity contribution is -0.170. The van der Waals surface area contributed by atoms with Crippen LogP contribution in [0.1, 0.15) is 149 Å². The van der Waals surface area contributed by atoms with Crippen LogP contribution in [0.25, 0.3) is 0 Å². The second-order valence-corrected chi connectivity index (χ2v) is 18.4. The first-order chi connectivity index (χ1) is 33.3. The van der Waals surface area contributed by atoms with Gasteiger partial charge in [0.2, 0.25) is 0 Å². The zero-order valence-corrected chi connectivity index (χ0v) is 41.5. The molecule has 0 bridgehead atoms. The van der Waals surface area contributed by atoms with Crippen LogP contribution in [-0.2, 0) is 89.5 Å². The van der Waals surface area contributed by atoms with E-state index in [1.165, 1.54) is 24.3 Å². The average molecular weight is 953 g/mol. The second kappa shape index (κ2) is 29.8. The number of phenolic OH excluding ortho intramolecular Hbond substituents is 4. The van der Waals surface area contributed by atoms with Crippen molar-refractivity contribution >= 4 is 23.9 Å². The average Bonchev–Trinajstić information content (AvgIpc) is 3.35. The van der Waals surface area contributed by atoms with Crippen LogP contribution in [0.2, 0.25) is 0 Å². The van der Waals surface area contributed by atoms with Crippen molar-refractivity contribution in [2.45, 2.75) is 156 Å². The molecule has 12 heteroatoms. The molecule has 12 nitrogen and oxygen atoms in total. The first-order valence-electron chi connectivity index (χ1n) is 25.1. The van der Waals surface area contributed by atoms with Crippen molar-refractivity contribution in [1.82, 2.24) is 0 Å². The molecule has 0 spiro atoms. The highest BCUT2D eigenvalue weighted by Crippen LogP contribution is 2.31. The summed E-state index contributed by atoms with van der Waals surface area (Å²) in [6.07, 6.45) is 11.7. The number of aromatic hydroxyl groups is 4. The second-order valence-electron chi connectivity index (χ2n) is 18.4. The molecule has 0 aliphatic heterocycles. The van der Waals surface area contributed by atoms with Crippen LogP contribution in [0.3, 0.4) is 0 Å². The van der Waals surface area contributed by atoms with Crippen LogP contribution < -0.4 is 0 Å². The predicted molar refractivity (Wildman–Crippen MR) is 266 cm³/mol. The third kappa shape index (κ3) is 19.8. The number of carbonyl (C=O) groups excluding carboxylic acids is 4. The van der Waals surface area contributed by atoms with Gasteiger partial charge in [0.15, 0.2) is 0 Å². The highest BCUT2D eigenvalue weighted by atomic mass is 16.6. The van der Waals surface area contributed by atoms with Gasteiger partial charge in [-0.05, 0) is 146 Å². The Balaban J connectivity index is 1.57. The third-order valence-electron chi connectivity index (χ3n) is 12.4. The van der Waals surface area contributed by atoms with Crippen molar-refractivity contribution in [1.29, 1.82) is 0 Å². The Morgan fingerprint density at radius 1 is 0.377 bits per heavy atom. The molecule has 0 aromatic heterocycles. The zero-order chi connectivity index (χ0) is 50.0. The summed E-state index contributed by atoms with van der Waals surface area (Å²) in [4.78, 5) is 53.9. The van der Waals surface area contributed by atoms with Crippen molar-refractivity contribution in [2.24, 2.45) is 5.41 Å². The first-order valence-corrected chi connectivity index (χ1v) is 25.1. The maximum Gasteiger partial charge on any atom is 0.306 e. The summed E-state index contributed by atoms with van der Waals surface area (Å²) in [5, 5.41) is 41.5. The Kier molecular flexibility index (Phi) is 24.0. The predicted octanol–water partition coefficient (Wildman–Crippen LogP) is 10.9. The fourth-order valence-corrected chi connectivity index (χ4v) is 7.97. The molecule has 0 aliphatic rings. The minimum Gasteiger partial charge on any atom is -0.508 e. The number of aryl methyl sites for hydroxylation is 8. The molecule has 0 atom stereocenters. The number of hydrogen-bond acceptors (Lipinski definition) is 12. The Bertz CT molecular complexity index is 2000. The normalized spacial score (nSPS) is 11.3. The highest BCUT2D eigenvalue weighted by molar-refractivity contribution is 5.72. The third-order valence-corrected chi connectivity index (χ3v) is 12.4. The summed E-state index contributed by atoms with van der Waals surface area (Å²) in [6.45, 7) is 6.74. The van der Waals surface area contributed by atoms with E-state index in [-0.39, 0.29) is 37.2 Å².